The molecule has 0 bridgehead atoms. The van der Waals surface area contributed by atoms with Gasteiger partial charge in [-0.2, -0.15) is 0 Å². The van der Waals surface area contributed by atoms with Gasteiger partial charge in [0.25, 0.3) is 5.69 Å². The van der Waals surface area contributed by atoms with E-state index in [4.69, 9.17) is 5.73 Å². The summed E-state index contributed by atoms with van der Waals surface area (Å²) >= 11 is 0. The summed E-state index contributed by atoms with van der Waals surface area (Å²) < 4.78 is 0. The number of hydrogen-bond donors (Lipinski definition) is 2. The summed E-state index contributed by atoms with van der Waals surface area (Å²) in [7, 11) is 0. The molecule has 0 spiro atoms. The monoisotopic (exact) mass is 250 g/mol. The van der Waals surface area contributed by atoms with Crippen LogP contribution in [-0.4, -0.2) is 10.0 Å². The SMILES string of the molecule is N[C@H](c1cc([N+](=O)[O-])ccc1O)C1CCCCC1. The van der Waals surface area contributed by atoms with Crippen molar-refractivity contribution in [3.8, 4) is 5.75 Å². The number of nitro benzene ring substituents is 1. The molecule has 1 fully saturated rings. The van der Waals surface area contributed by atoms with E-state index in [2.05, 4.69) is 0 Å². The van der Waals surface area contributed by atoms with Gasteiger partial charge in [-0.25, -0.2) is 0 Å². The third-order valence-electron chi connectivity index (χ3n) is 3.74. The number of rotatable bonds is 3. The van der Waals surface area contributed by atoms with Gasteiger partial charge in [0.1, 0.15) is 5.75 Å². The van der Waals surface area contributed by atoms with Gasteiger partial charge in [-0.15, -0.1) is 0 Å². The maximum absolute atomic E-state index is 10.7. The van der Waals surface area contributed by atoms with Gasteiger partial charge in [-0.1, -0.05) is 19.3 Å². The molecule has 0 saturated heterocycles. The predicted molar refractivity (Wildman–Crippen MR) is 68.3 cm³/mol. The van der Waals surface area contributed by atoms with Crippen molar-refractivity contribution in [3.63, 3.8) is 0 Å². The van der Waals surface area contributed by atoms with Gasteiger partial charge in [0.15, 0.2) is 0 Å². The lowest BCUT2D eigenvalue weighted by atomic mass is 9.81. The van der Waals surface area contributed by atoms with Crippen molar-refractivity contribution in [2.75, 3.05) is 0 Å². The molecule has 0 radical (unpaired) electrons. The zero-order valence-electron chi connectivity index (χ0n) is 10.2. The number of nitrogens with two attached hydrogens (primary N) is 1. The minimum absolute atomic E-state index is 0.0194. The lowest BCUT2D eigenvalue weighted by Gasteiger charge is -2.28. The fourth-order valence-corrected chi connectivity index (χ4v) is 2.67. The van der Waals surface area contributed by atoms with Gasteiger partial charge in [-0.3, -0.25) is 10.1 Å². The highest BCUT2D eigenvalue weighted by Crippen LogP contribution is 2.37. The molecule has 98 valence electrons. The molecule has 1 aromatic carbocycles. The number of nitro groups is 1. The molecule has 0 aromatic heterocycles. The van der Waals surface area contributed by atoms with E-state index in [9.17, 15) is 15.2 Å². The molecule has 0 aliphatic heterocycles. The van der Waals surface area contributed by atoms with Gasteiger partial charge in [0.05, 0.1) is 4.92 Å². The van der Waals surface area contributed by atoms with E-state index >= 15 is 0 Å². The summed E-state index contributed by atoms with van der Waals surface area (Å²) in [4.78, 5) is 10.3. The van der Waals surface area contributed by atoms with E-state index in [-0.39, 0.29) is 17.5 Å². The molecular weight excluding hydrogens is 232 g/mol. The molecule has 2 rings (SSSR count). The van der Waals surface area contributed by atoms with Gasteiger partial charge in [-0.05, 0) is 24.8 Å². The van der Waals surface area contributed by atoms with Gasteiger partial charge < -0.3 is 10.8 Å². The fraction of sp³-hybridized carbons (Fsp3) is 0.538. The zero-order chi connectivity index (χ0) is 13.1. The maximum atomic E-state index is 10.7. The summed E-state index contributed by atoms with van der Waals surface area (Å²) in [5, 5.41) is 20.6. The topological polar surface area (TPSA) is 89.4 Å². The van der Waals surface area contributed by atoms with Crippen LogP contribution in [0.5, 0.6) is 5.75 Å². The highest BCUT2D eigenvalue weighted by molar-refractivity contribution is 5.44. The van der Waals surface area contributed by atoms with E-state index < -0.39 is 4.92 Å². The number of benzene rings is 1. The molecule has 1 aromatic rings. The molecule has 1 aliphatic rings. The van der Waals surface area contributed by atoms with Crippen LogP contribution in [0.1, 0.15) is 43.7 Å². The Morgan fingerprint density at radius 3 is 2.61 bits per heavy atom. The number of phenolic OH excluding ortho intramolecular Hbond substituents is 1. The van der Waals surface area contributed by atoms with E-state index in [0.29, 0.717) is 11.5 Å². The van der Waals surface area contributed by atoms with Gasteiger partial charge in [0.2, 0.25) is 0 Å². The molecule has 1 saturated carbocycles. The second-order valence-electron chi connectivity index (χ2n) is 4.92. The second kappa shape index (κ2) is 5.35. The predicted octanol–water partition coefficient (Wildman–Crippen LogP) is 2.88. The number of aromatic hydroxyl groups is 1. The van der Waals surface area contributed by atoms with Crippen molar-refractivity contribution in [2.24, 2.45) is 11.7 Å². The number of phenols is 1. The summed E-state index contributed by atoms with van der Waals surface area (Å²) in [6.45, 7) is 0. The summed E-state index contributed by atoms with van der Waals surface area (Å²) in [6.07, 6.45) is 5.58. The third kappa shape index (κ3) is 2.61. The van der Waals surface area contributed by atoms with Crippen LogP contribution in [0.3, 0.4) is 0 Å². The normalized spacial score (nSPS) is 18.5. The first-order valence-corrected chi connectivity index (χ1v) is 6.32. The van der Waals surface area contributed by atoms with Crippen LogP contribution in [0, 0.1) is 16.0 Å². The molecule has 5 nitrogen and oxygen atoms in total. The number of hydrogen-bond acceptors (Lipinski definition) is 4. The molecule has 3 N–H and O–H groups in total. The quantitative estimate of drug-likeness (QED) is 0.637. The van der Waals surface area contributed by atoms with E-state index in [1.807, 2.05) is 0 Å². The van der Waals surface area contributed by atoms with Crippen LogP contribution < -0.4 is 5.73 Å². The fourth-order valence-electron chi connectivity index (χ4n) is 2.67. The molecular formula is C13H18N2O3. The summed E-state index contributed by atoms with van der Waals surface area (Å²) in [5.74, 6) is 0.366. The van der Waals surface area contributed by atoms with Gasteiger partial charge >= 0.3 is 0 Å². The van der Waals surface area contributed by atoms with Crippen molar-refractivity contribution in [2.45, 2.75) is 38.1 Å². The molecule has 18 heavy (non-hydrogen) atoms. The van der Waals surface area contributed by atoms with Gasteiger partial charge in [0, 0.05) is 23.7 Å². The zero-order valence-corrected chi connectivity index (χ0v) is 10.2. The van der Waals surface area contributed by atoms with Crippen LogP contribution >= 0.6 is 0 Å². The minimum atomic E-state index is -0.462. The van der Waals surface area contributed by atoms with Crippen LogP contribution in [0.25, 0.3) is 0 Å². The molecule has 0 unspecified atom stereocenters. The first kappa shape index (κ1) is 12.8. The Bertz CT molecular complexity index is 442. The van der Waals surface area contributed by atoms with Crippen molar-refractivity contribution in [1.29, 1.82) is 0 Å². The average molecular weight is 250 g/mol. The molecule has 1 aliphatic carbocycles. The molecule has 0 heterocycles. The standard InChI is InChI=1S/C13H18N2O3/c14-13(9-4-2-1-3-5-9)11-8-10(15(17)18)6-7-12(11)16/h6-9,13,16H,1-5,14H2/t13-/m0/s1. The summed E-state index contributed by atoms with van der Waals surface area (Å²) in [5.41, 5.74) is 6.63. The van der Waals surface area contributed by atoms with Crippen molar-refractivity contribution < 1.29 is 10.0 Å². The van der Waals surface area contributed by atoms with E-state index in [1.165, 1.54) is 24.6 Å². The average Bonchev–Trinajstić information content (AvgIpc) is 2.39. The minimum Gasteiger partial charge on any atom is -0.508 e. The smallest absolute Gasteiger partial charge is 0.270 e. The van der Waals surface area contributed by atoms with Crippen LogP contribution in [-0.2, 0) is 0 Å². The van der Waals surface area contributed by atoms with E-state index in [0.717, 1.165) is 25.7 Å². The van der Waals surface area contributed by atoms with Crippen molar-refractivity contribution in [1.82, 2.24) is 0 Å². The Hall–Kier alpha value is -1.62. The maximum Gasteiger partial charge on any atom is 0.270 e. The largest absolute Gasteiger partial charge is 0.508 e. The molecule has 5 heteroatoms. The Morgan fingerprint density at radius 2 is 2.00 bits per heavy atom. The highest BCUT2D eigenvalue weighted by Gasteiger charge is 2.25. The van der Waals surface area contributed by atoms with Crippen molar-refractivity contribution in [3.05, 3.63) is 33.9 Å². The Kier molecular flexibility index (Phi) is 3.81. The van der Waals surface area contributed by atoms with Crippen LogP contribution in [0.2, 0.25) is 0 Å². The molecule has 1 atom stereocenters. The number of non-ortho nitro benzene ring substituents is 1. The second-order valence-corrected chi connectivity index (χ2v) is 4.92. The Labute approximate surface area is 106 Å². The van der Waals surface area contributed by atoms with Crippen LogP contribution in [0.15, 0.2) is 18.2 Å². The first-order valence-electron chi connectivity index (χ1n) is 6.32. The van der Waals surface area contributed by atoms with Crippen LogP contribution in [0.4, 0.5) is 5.69 Å². The summed E-state index contributed by atoms with van der Waals surface area (Å²) in [6, 6.07) is 3.74. The van der Waals surface area contributed by atoms with Crippen molar-refractivity contribution >= 4 is 5.69 Å². The third-order valence-corrected chi connectivity index (χ3v) is 3.74. The lowest BCUT2D eigenvalue weighted by molar-refractivity contribution is -0.385. The lowest BCUT2D eigenvalue weighted by Crippen LogP contribution is -2.23. The van der Waals surface area contributed by atoms with E-state index in [1.54, 1.807) is 0 Å². The molecule has 0 amide bonds. The Morgan fingerprint density at radius 1 is 1.33 bits per heavy atom. The first-order chi connectivity index (χ1) is 8.59. The Balaban J connectivity index is 2.25. The highest BCUT2D eigenvalue weighted by atomic mass is 16.6. The number of nitrogens with zero attached hydrogens (tertiary/aromatic N) is 1.